The van der Waals surface area contributed by atoms with Crippen molar-refractivity contribution < 1.29 is 0 Å². The van der Waals surface area contributed by atoms with E-state index in [0.29, 0.717) is 0 Å². The number of nitrogens with zero attached hydrogens (tertiary/aromatic N) is 2. The molecule has 0 aromatic carbocycles. The smallest absolute Gasteiger partial charge is 0.152 e. The van der Waals surface area contributed by atoms with Crippen LogP contribution in [0.25, 0.3) is 0 Å². The van der Waals surface area contributed by atoms with E-state index in [2.05, 4.69) is 16.9 Å². The quantitative estimate of drug-likeness (QED) is 0.591. The Labute approximate surface area is 68.3 Å². The number of aryl methyl sites for hydroxylation is 1. The maximum absolute atomic E-state index is 4.20. The highest BCUT2D eigenvalue weighted by Gasteiger charge is 1.94. The fourth-order valence-electron chi connectivity index (χ4n) is 0.867. The summed E-state index contributed by atoms with van der Waals surface area (Å²) in [5, 5.41) is 0. The van der Waals surface area contributed by atoms with Gasteiger partial charge in [-0.25, -0.2) is 9.97 Å². The van der Waals surface area contributed by atoms with E-state index >= 15 is 0 Å². The second-order valence-corrected chi connectivity index (χ2v) is 2.47. The van der Waals surface area contributed by atoms with Gasteiger partial charge in [0.25, 0.3) is 0 Å². The third-order valence-corrected chi connectivity index (χ3v) is 1.53. The monoisotopic (exact) mass is 147 g/mol. The van der Waals surface area contributed by atoms with E-state index in [1.165, 1.54) is 0 Å². The van der Waals surface area contributed by atoms with Crippen molar-refractivity contribution in [3.63, 3.8) is 0 Å². The Balaban J connectivity index is 2.66. The van der Waals surface area contributed by atoms with Crippen LogP contribution in [-0.4, -0.2) is 17.2 Å². The summed E-state index contributed by atoms with van der Waals surface area (Å²) in [7, 11) is 2.00. The van der Waals surface area contributed by atoms with Crippen LogP contribution in [0.15, 0.2) is 12.4 Å². The van der Waals surface area contributed by atoms with E-state index < -0.39 is 0 Å². The van der Waals surface area contributed by atoms with Crippen molar-refractivity contribution in [2.24, 2.45) is 0 Å². The Morgan fingerprint density at radius 1 is 1.36 bits per heavy atom. The minimum absolute atomic E-state index is 0.943. The van der Waals surface area contributed by atoms with Crippen molar-refractivity contribution in [1.82, 2.24) is 9.97 Å². The average molecular weight is 147 g/mol. The molecule has 2 nitrogen and oxygen atoms in total. The van der Waals surface area contributed by atoms with Gasteiger partial charge in [-0.3, -0.25) is 0 Å². The topological polar surface area (TPSA) is 25.8 Å². The zero-order valence-electron chi connectivity index (χ0n) is 7.04. The second kappa shape index (κ2) is 4.11. The second-order valence-electron chi connectivity index (χ2n) is 2.47. The molecule has 3 heteroatoms. The Morgan fingerprint density at radius 3 is 2.45 bits per heavy atom. The predicted octanol–water partition coefficient (Wildman–Crippen LogP) is 0.807. The Hall–Kier alpha value is -0.855. The molecule has 0 N–H and O–H groups in total. The Morgan fingerprint density at radius 2 is 2.00 bits per heavy atom. The average Bonchev–Trinajstić information content (AvgIpc) is 2.07. The molecule has 11 heavy (non-hydrogen) atoms. The van der Waals surface area contributed by atoms with Crippen LogP contribution in [0.2, 0.25) is 6.82 Å². The molecule has 0 saturated heterocycles. The molecule has 1 heterocycles. The minimum Gasteiger partial charge on any atom is -0.242 e. The summed E-state index contributed by atoms with van der Waals surface area (Å²) < 4.78 is 0. The number of rotatable bonds is 3. The van der Waals surface area contributed by atoms with Crippen LogP contribution in [0.4, 0.5) is 0 Å². The number of hydrogen-bond acceptors (Lipinski definition) is 2. The summed E-state index contributed by atoms with van der Waals surface area (Å²) in [5.41, 5.74) is 1.09. The zero-order chi connectivity index (χ0) is 8.10. The molecule has 0 aliphatic heterocycles. The van der Waals surface area contributed by atoms with E-state index in [1.807, 2.05) is 26.5 Å². The molecule has 0 atom stereocenters. The molecule has 0 spiro atoms. The fourth-order valence-corrected chi connectivity index (χ4v) is 0.867. The van der Waals surface area contributed by atoms with Crippen molar-refractivity contribution in [1.29, 1.82) is 0 Å². The predicted molar refractivity (Wildman–Crippen MR) is 47.3 cm³/mol. The highest BCUT2D eigenvalue weighted by Crippen LogP contribution is 1.90. The van der Waals surface area contributed by atoms with Gasteiger partial charge in [-0.1, -0.05) is 19.2 Å². The molecular formula is C8H12BN2. The van der Waals surface area contributed by atoms with Crippen LogP contribution in [0.1, 0.15) is 19.2 Å². The number of hydrogen-bond donors (Lipinski definition) is 0. The molecule has 0 amide bonds. The lowest BCUT2D eigenvalue weighted by atomic mass is 9.75. The zero-order valence-corrected chi connectivity index (χ0v) is 7.04. The van der Waals surface area contributed by atoms with Crippen LogP contribution in [0.5, 0.6) is 0 Å². The molecule has 0 aliphatic carbocycles. The SMILES string of the molecule is C[B]c1cnc(CCC)nc1. The lowest BCUT2D eigenvalue weighted by Crippen LogP contribution is -2.13. The Kier molecular flexibility index (Phi) is 3.08. The molecular weight excluding hydrogens is 135 g/mol. The molecule has 0 bridgehead atoms. The van der Waals surface area contributed by atoms with Crippen LogP contribution in [0.3, 0.4) is 0 Å². The lowest BCUT2D eigenvalue weighted by Gasteiger charge is -1.97. The molecule has 57 valence electrons. The van der Waals surface area contributed by atoms with Gasteiger partial charge in [-0.05, 0) is 6.42 Å². The third-order valence-electron chi connectivity index (χ3n) is 1.53. The third kappa shape index (κ3) is 2.33. The first-order valence-electron chi connectivity index (χ1n) is 3.97. The van der Waals surface area contributed by atoms with Crippen molar-refractivity contribution in [2.75, 3.05) is 0 Å². The van der Waals surface area contributed by atoms with E-state index in [4.69, 9.17) is 0 Å². The van der Waals surface area contributed by atoms with E-state index in [0.717, 1.165) is 24.1 Å². The van der Waals surface area contributed by atoms with E-state index in [1.54, 1.807) is 0 Å². The van der Waals surface area contributed by atoms with Crippen LogP contribution < -0.4 is 5.46 Å². The van der Waals surface area contributed by atoms with Crippen molar-refractivity contribution >= 4 is 12.7 Å². The van der Waals surface area contributed by atoms with Gasteiger partial charge in [0.1, 0.15) is 5.82 Å². The van der Waals surface area contributed by atoms with Gasteiger partial charge in [0.15, 0.2) is 7.28 Å². The summed E-state index contributed by atoms with van der Waals surface area (Å²) in [4.78, 5) is 8.39. The summed E-state index contributed by atoms with van der Waals surface area (Å²) in [6, 6.07) is 0. The summed E-state index contributed by atoms with van der Waals surface area (Å²) >= 11 is 0. The van der Waals surface area contributed by atoms with Crippen molar-refractivity contribution in [2.45, 2.75) is 26.6 Å². The maximum atomic E-state index is 4.20. The van der Waals surface area contributed by atoms with E-state index in [-0.39, 0.29) is 0 Å². The first-order valence-corrected chi connectivity index (χ1v) is 3.97. The molecule has 1 aromatic rings. The summed E-state index contributed by atoms with van der Waals surface area (Å²) in [6.07, 6.45) is 5.80. The molecule has 0 aliphatic rings. The highest BCUT2D eigenvalue weighted by molar-refractivity contribution is 6.51. The Bertz CT molecular complexity index is 208. The van der Waals surface area contributed by atoms with Crippen LogP contribution in [-0.2, 0) is 6.42 Å². The molecule has 1 aromatic heterocycles. The first kappa shape index (κ1) is 8.24. The molecule has 0 fully saturated rings. The maximum Gasteiger partial charge on any atom is 0.152 e. The molecule has 0 unspecified atom stereocenters. The normalized spacial score (nSPS) is 9.64. The van der Waals surface area contributed by atoms with Gasteiger partial charge >= 0.3 is 0 Å². The first-order chi connectivity index (χ1) is 5.36. The largest absolute Gasteiger partial charge is 0.242 e. The van der Waals surface area contributed by atoms with Gasteiger partial charge in [-0.2, -0.15) is 0 Å². The van der Waals surface area contributed by atoms with Crippen molar-refractivity contribution in [3.05, 3.63) is 18.2 Å². The standard InChI is InChI=1S/C8H12BN2/c1-3-4-8-10-5-7(9-2)6-11-8/h5-6H,3-4H2,1-2H3. The number of aromatic nitrogens is 2. The van der Waals surface area contributed by atoms with Gasteiger partial charge in [0.05, 0.1) is 0 Å². The van der Waals surface area contributed by atoms with Gasteiger partial charge in [0.2, 0.25) is 0 Å². The van der Waals surface area contributed by atoms with E-state index in [9.17, 15) is 0 Å². The highest BCUT2D eigenvalue weighted by atomic mass is 14.8. The summed E-state index contributed by atoms with van der Waals surface area (Å²) in [5.74, 6) is 0.943. The van der Waals surface area contributed by atoms with Gasteiger partial charge in [-0.15, -0.1) is 0 Å². The van der Waals surface area contributed by atoms with Crippen LogP contribution >= 0.6 is 0 Å². The molecule has 1 radical (unpaired) electrons. The minimum atomic E-state index is 0.943. The van der Waals surface area contributed by atoms with Crippen LogP contribution in [0, 0.1) is 0 Å². The molecule has 0 saturated carbocycles. The van der Waals surface area contributed by atoms with Crippen molar-refractivity contribution in [3.8, 4) is 0 Å². The molecule has 1 rings (SSSR count). The lowest BCUT2D eigenvalue weighted by molar-refractivity contribution is 0.836. The van der Waals surface area contributed by atoms with Gasteiger partial charge in [0, 0.05) is 18.8 Å². The van der Waals surface area contributed by atoms with Gasteiger partial charge < -0.3 is 0 Å². The fraction of sp³-hybridized carbons (Fsp3) is 0.500. The summed E-state index contributed by atoms with van der Waals surface area (Å²) in [6.45, 7) is 4.11.